The first-order chi connectivity index (χ1) is 11.0. The van der Waals surface area contributed by atoms with E-state index in [4.69, 9.17) is 5.73 Å². The number of benzene rings is 2. The number of carbonyl (C=O) groups is 1. The molecule has 2 aromatic rings. The third-order valence-corrected chi connectivity index (χ3v) is 5.08. The SMILES string of the molecule is NC(=O)CN(CSc1ccc(O)cc1)CSc1ccc(O)cc1.[Ac].[Ac]. The number of nitrogens with zero attached hydrogens (tertiary/aromatic N) is 1. The number of thioether (sulfide) groups is 2. The van der Waals surface area contributed by atoms with Crippen LogP contribution >= 0.6 is 23.5 Å². The van der Waals surface area contributed by atoms with Crippen LogP contribution in [-0.4, -0.2) is 39.3 Å². The number of aromatic hydroxyl groups is 2. The first kappa shape index (κ1) is 26.1. The van der Waals surface area contributed by atoms with Crippen molar-refractivity contribution in [3.8, 4) is 11.5 Å². The predicted octanol–water partition coefficient (Wildman–Crippen LogP) is 2.68. The number of amides is 1. The van der Waals surface area contributed by atoms with Gasteiger partial charge in [-0.3, -0.25) is 9.69 Å². The summed E-state index contributed by atoms with van der Waals surface area (Å²) in [6, 6.07) is 13.8. The molecule has 2 rings (SSSR count). The average Bonchev–Trinajstić information content (AvgIpc) is 2.52. The van der Waals surface area contributed by atoms with Gasteiger partial charge in [0.05, 0.1) is 18.3 Å². The number of hydrogen-bond acceptors (Lipinski definition) is 6. The minimum Gasteiger partial charge on any atom is -0.508 e. The Morgan fingerprint density at radius 1 is 0.840 bits per heavy atom. The van der Waals surface area contributed by atoms with Gasteiger partial charge < -0.3 is 15.9 Å². The van der Waals surface area contributed by atoms with Crippen molar-refractivity contribution in [2.24, 2.45) is 5.73 Å². The molecule has 1 amide bonds. The summed E-state index contributed by atoms with van der Waals surface area (Å²) in [4.78, 5) is 15.2. The van der Waals surface area contributed by atoms with E-state index in [9.17, 15) is 15.0 Å². The minimum absolute atomic E-state index is 0. The molecule has 25 heavy (non-hydrogen) atoms. The Balaban J connectivity index is 0.00000288. The molecular weight excluding hydrogens is 786 g/mol. The largest absolute Gasteiger partial charge is 0.508 e. The second-order valence-electron chi connectivity index (χ2n) is 4.83. The van der Waals surface area contributed by atoms with Gasteiger partial charge in [0, 0.05) is 97.9 Å². The van der Waals surface area contributed by atoms with Crippen molar-refractivity contribution in [3.63, 3.8) is 0 Å². The molecule has 0 fully saturated rings. The van der Waals surface area contributed by atoms with Crippen molar-refractivity contribution in [2.45, 2.75) is 9.79 Å². The summed E-state index contributed by atoms with van der Waals surface area (Å²) in [6.07, 6.45) is 0. The quantitative estimate of drug-likeness (QED) is 0.282. The zero-order valence-electron chi connectivity index (χ0n) is 13.5. The molecule has 128 valence electrons. The van der Waals surface area contributed by atoms with Gasteiger partial charge in [-0.15, -0.1) is 23.5 Å². The van der Waals surface area contributed by atoms with Crippen LogP contribution in [0.1, 0.15) is 0 Å². The Bertz CT molecular complexity index is 593. The molecular formula is C16H18Ac2N2O3S2. The molecule has 0 saturated heterocycles. The zero-order chi connectivity index (χ0) is 16.7. The molecule has 2 radical (unpaired) electrons. The number of hydrogen-bond donors (Lipinski definition) is 3. The first-order valence-electron chi connectivity index (χ1n) is 6.87. The third-order valence-electron chi connectivity index (χ3n) is 2.88. The number of rotatable bonds is 8. The van der Waals surface area contributed by atoms with Gasteiger partial charge in [-0.05, 0) is 48.5 Å². The van der Waals surface area contributed by atoms with E-state index in [2.05, 4.69) is 0 Å². The Hall–Kier alpha value is 1.05. The second-order valence-corrected chi connectivity index (χ2v) is 6.87. The molecule has 4 N–H and O–H groups in total. The first-order valence-corrected chi connectivity index (χ1v) is 8.84. The van der Waals surface area contributed by atoms with Crippen LogP contribution in [0.5, 0.6) is 11.5 Å². The standard InChI is InChI=1S/C16H18N2O3S2.2Ac/c17-16(21)9-18(10-22-14-5-1-12(19)2-6-14)11-23-15-7-3-13(20)4-8-15;;/h1-8,19-20H,9-11H2,(H2,17,21);;. The van der Waals surface area contributed by atoms with Crippen LogP contribution < -0.4 is 5.73 Å². The van der Waals surface area contributed by atoms with E-state index in [1.54, 1.807) is 47.8 Å². The third kappa shape index (κ3) is 10.8. The van der Waals surface area contributed by atoms with Crippen LogP contribution in [0.3, 0.4) is 0 Å². The van der Waals surface area contributed by atoms with E-state index in [-0.39, 0.29) is 112 Å². The minimum atomic E-state index is -0.373. The topological polar surface area (TPSA) is 86.8 Å². The molecule has 0 bridgehead atoms. The van der Waals surface area contributed by atoms with Gasteiger partial charge in [-0.1, -0.05) is 0 Å². The Morgan fingerprint density at radius 2 is 1.20 bits per heavy atom. The van der Waals surface area contributed by atoms with Crippen molar-refractivity contribution in [1.82, 2.24) is 4.90 Å². The maximum absolute atomic E-state index is 11.2. The molecule has 0 heterocycles. The van der Waals surface area contributed by atoms with Crippen LogP contribution in [0.15, 0.2) is 58.3 Å². The molecule has 0 atom stereocenters. The second kappa shape index (κ2) is 14.1. The van der Waals surface area contributed by atoms with Crippen molar-refractivity contribution in [1.29, 1.82) is 0 Å². The number of carbonyl (C=O) groups excluding carboxylic acids is 1. The average molecular weight is 804 g/mol. The number of phenols is 2. The van der Waals surface area contributed by atoms with E-state index < -0.39 is 0 Å². The van der Waals surface area contributed by atoms with Crippen LogP contribution in [0.4, 0.5) is 0 Å². The Labute approximate surface area is 227 Å². The summed E-state index contributed by atoms with van der Waals surface area (Å²) in [5, 5.41) is 18.6. The maximum atomic E-state index is 11.2. The number of primary amides is 1. The van der Waals surface area contributed by atoms with Crippen molar-refractivity contribution >= 4 is 29.4 Å². The predicted molar refractivity (Wildman–Crippen MR) is 93.6 cm³/mol. The summed E-state index contributed by atoms with van der Waals surface area (Å²) in [6.45, 7) is 0.177. The fourth-order valence-electron chi connectivity index (χ4n) is 1.77. The molecule has 9 heteroatoms. The molecule has 5 nitrogen and oxygen atoms in total. The summed E-state index contributed by atoms with van der Waals surface area (Å²) < 4.78 is 0. The Kier molecular flexibility index (Phi) is 14.7. The van der Waals surface area contributed by atoms with Crippen LogP contribution in [-0.2, 0) is 4.79 Å². The van der Waals surface area contributed by atoms with Gasteiger partial charge in [0.2, 0.25) is 5.91 Å². The van der Waals surface area contributed by atoms with Crippen molar-refractivity contribution < 1.29 is 103 Å². The summed E-state index contributed by atoms with van der Waals surface area (Å²) in [5.41, 5.74) is 5.31. The smallest absolute Gasteiger partial charge is 0.231 e. The van der Waals surface area contributed by atoms with Gasteiger partial charge in [-0.2, -0.15) is 0 Å². The van der Waals surface area contributed by atoms with Gasteiger partial charge in [0.25, 0.3) is 0 Å². The zero-order valence-corrected chi connectivity index (χ0v) is 24.7. The van der Waals surface area contributed by atoms with E-state index in [1.165, 1.54) is 0 Å². The van der Waals surface area contributed by atoms with Crippen LogP contribution in [0.25, 0.3) is 0 Å². The molecule has 0 aliphatic rings. The number of nitrogens with two attached hydrogens (primary N) is 1. The summed E-state index contributed by atoms with van der Waals surface area (Å²) in [7, 11) is 0. The van der Waals surface area contributed by atoms with Crippen molar-refractivity contribution in [2.75, 3.05) is 18.3 Å². The van der Waals surface area contributed by atoms with Crippen molar-refractivity contribution in [3.05, 3.63) is 48.5 Å². The van der Waals surface area contributed by atoms with Gasteiger partial charge >= 0.3 is 0 Å². The van der Waals surface area contributed by atoms with E-state index in [1.807, 2.05) is 29.2 Å². The summed E-state index contributed by atoms with van der Waals surface area (Å²) in [5.74, 6) is 1.30. The molecule has 0 aromatic heterocycles. The van der Waals surface area contributed by atoms with Gasteiger partial charge in [0.15, 0.2) is 0 Å². The molecule has 0 spiro atoms. The Morgan fingerprint density at radius 3 is 1.52 bits per heavy atom. The molecule has 0 saturated carbocycles. The van der Waals surface area contributed by atoms with Gasteiger partial charge in [-0.25, -0.2) is 0 Å². The normalized spacial score (nSPS) is 9.96. The monoisotopic (exact) mass is 804 g/mol. The summed E-state index contributed by atoms with van der Waals surface area (Å²) >= 11 is 3.14. The van der Waals surface area contributed by atoms with E-state index >= 15 is 0 Å². The van der Waals surface area contributed by atoms with E-state index in [0.717, 1.165) is 9.79 Å². The van der Waals surface area contributed by atoms with Crippen LogP contribution in [0.2, 0.25) is 0 Å². The fourth-order valence-corrected chi connectivity index (χ4v) is 3.57. The molecule has 0 unspecified atom stereocenters. The van der Waals surface area contributed by atoms with E-state index in [0.29, 0.717) is 11.8 Å². The molecule has 2 aromatic carbocycles. The molecule has 0 aliphatic heterocycles. The van der Waals surface area contributed by atoms with Crippen LogP contribution in [0, 0.1) is 88.1 Å². The maximum Gasteiger partial charge on any atom is 0.231 e. The van der Waals surface area contributed by atoms with Gasteiger partial charge in [0.1, 0.15) is 11.5 Å². The number of phenolic OH excluding ortho intramolecular Hbond substituents is 2. The molecule has 0 aliphatic carbocycles. The fraction of sp³-hybridized carbons (Fsp3) is 0.188.